The second kappa shape index (κ2) is 19.5. The lowest BCUT2D eigenvalue weighted by atomic mass is 10.2. The average molecular weight is 270 g/mol. The molecule has 0 atom stereocenters. The number of hydrogen-bond donors (Lipinski definition) is 2. The van der Waals surface area contributed by atoms with E-state index in [2.05, 4.69) is 31.1 Å². The summed E-state index contributed by atoms with van der Waals surface area (Å²) in [6.07, 6.45) is 12.2. The van der Waals surface area contributed by atoms with Crippen molar-refractivity contribution in [1.82, 2.24) is 10.6 Å². The Labute approximate surface area is 120 Å². The summed E-state index contributed by atoms with van der Waals surface area (Å²) in [6, 6.07) is 0. The van der Waals surface area contributed by atoms with Gasteiger partial charge in [-0.3, -0.25) is 4.79 Å². The molecule has 19 heavy (non-hydrogen) atoms. The van der Waals surface area contributed by atoms with E-state index in [1.54, 1.807) is 7.05 Å². The molecule has 0 unspecified atom stereocenters. The van der Waals surface area contributed by atoms with Crippen LogP contribution in [0.15, 0.2) is 12.7 Å². The van der Waals surface area contributed by atoms with Gasteiger partial charge in [0.05, 0.1) is 0 Å². The molecule has 0 aromatic carbocycles. The summed E-state index contributed by atoms with van der Waals surface area (Å²) in [6.45, 7) is 10.2. The van der Waals surface area contributed by atoms with Crippen molar-refractivity contribution >= 4 is 5.91 Å². The fraction of sp³-hybridized carbons (Fsp3) is 0.812. The quantitative estimate of drug-likeness (QED) is 0.444. The number of nitrogens with one attached hydrogen (secondary N) is 2. The van der Waals surface area contributed by atoms with Crippen molar-refractivity contribution in [3.63, 3.8) is 0 Å². The molecule has 0 aromatic heterocycles. The molecule has 114 valence electrons. The highest BCUT2D eigenvalue weighted by Gasteiger charge is 1.89. The maximum absolute atomic E-state index is 9.95. The number of carbonyl (C=O) groups is 1. The molecule has 3 nitrogen and oxygen atoms in total. The molecule has 0 saturated heterocycles. The molecule has 0 rings (SSSR count). The normalized spacial score (nSPS) is 9.42. The number of amides is 1. The van der Waals surface area contributed by atoms with Gasteiger partial charge in [0, 0.05) is 7.05 Å². The van der Waals surface area contributed by atoms with E-state index in [9.17, 15) is 4.79 Å². The van der Waals surface area contributed by atoms with E-state index in [-0.39, 0.29) is 5.91 Å². The minimum atomic E-state index is -0.144. The van der Waals surface area contributed by atoms with Gasteiger partial charge in [-0.05, 0) is 32.0 Å². The van der Waals surface area contributed by atoms with Gasteiger partial charge in [0.2, 0.25) is 5.91 Å². The van der Waals surface area contributed by atoms with Crippen LogP contribution in [-0.2, 0) is 4.79 Å². The molecule has 0 bridgehead atoms. The standard InChI is InChI=1S/C12H27N.C4H7NO/c1-3-5-7-9-11-13-12-10-8-6-4-2;1-3-4(6)5-2/h13H,3-12H2,1-2H3;3H,1H2,2H3,(H,5,6). The van der Waals surface area contributed by atoms with Crippen LogP contribution in [0, 0.1) is 0 Å². The van der Waals surface area contributed by atoms with Gasteiger partial charge in [0.25, 0.3) is 0 Å². The van der Waals surface area contributed by atoms with Crippen LogP contribution in [0.5, 0.6) is 0 Å². The van der Waals surface area contributed by atoms with Crippen molar-refractivity contribution in [2.24, 2.45) is 0 Å². The molecule has 3 heteroatoms. The van der Waals surface area contributed by atoms with Gasteiger partial charge in [0.15, 0.2) is 0 Å². The fourth-order valence-electron chi connectivity index (χ4n) is 1.58. The summed E-state index contributed by atoms with van der Waals surface area (Å²) in [5, 5.41) is 5.86. The summed E-state index contributed by atoms with van der Waals surface area (Å²) < 4.78 is 0. The summed E-state index contributed by atoms with van der Waals surface area (Å²) in [5.74, 6) is -0.144. The third-order valence-electron chi connectivity index (χ3n) is 2.85. The largest absolute Gasteiger partial charge is 0.356 e. The highest BCUT2D eigenvalue weighted by molar-refractivity contribution is 5.86. The molecule has 0 heterocycles. The summed E-state index contributed by atoms with van der Waals surface area (Å²) >= 11 is 0. The minimum absolute atomic E-state index is 0.144. The van der Waals surface area contributed by atoms with E-state index in [0.717, 1.165) is 0 Å². The molecule has 0 radical (unpaired) electrons. The lowest BCUT2D eigenvalue weighted by Gasteiger charge is -2.03. The van der Waals surface area contributed by atoms with Crippen molar-refractivity contribution in [3.05, 3.63) is 12.7 Å². The molecular weight excluding hydrogens is 236 g/mol. The van der Waals surface area contributed by atoms with Crippen molar-refractivity contribution in [3.8, 4) is 0 Å². The van der Waals surface area contributed by atoms with E-state index in [0.29, 0.717) is 0 Å². The smallest absolute Gasteiger partial charge is 0.243 e. The number of unbranched alkanes of at least 4 members (excludes halogenated alkanes) is 6. The first-order chi connectivity index (χ1) is 9.22. The zero-order chi connectivity index (χ0) is 14.8. The number of rotatable bonds is 11. The van der Waals surface area contributed by atoms with Crippen molar-refractivity contribution < 1.29 is 4.79 Å². The Morgan fingerprint density at radius 3 is 1.68 bits per heavy atom. The topological polar surface area (TPSA) is 41.1 Å². The molecule has 0 aliphatic heterocycles. The second-order valence-electron chi connectivity index (χ2n) is 4.69. The second-order valence-corrected chi connectivity index (χ2v) is 4.69. The van der Waals surface area contributed by atoms with Gasteiger partial charge in [-0.15, -0.1) is 0 Å². The molecule has 0 spiro atoms. The molecule has 0 aromatic rings. The maximum Gasteiger partial charge on any atom is 0.243 e. The van der Waals surface area contributed by atoms with Crippen LogP contribution < -0.4 is 10.6 Å². The lowest BCUT2D eigenvalue weighted by Crippen LogP contribution is -2.16. The minimum Gasteiger partial charge on any atom is -0.356 e. The molecule has 0 fully saturated rings. The first-order valence-corrected chi connectivity index (χ1v) is 7.77. The third kappa shape index (κ3) is 22.8. The Hall–Kier alpha value is -0.830. The molecule has 2 N–H and O–H groups in total. The number of likely N-dealkylation sites (N-methyl/N-ethyl adjacent to an activating group) is 1. The average Bonchev–Trinajstić information content (AvgIpc) is 2.45. The van der Waals surface area contributed by atoms with E-state index in [1.807, 2.05) is 0 Å². The van der Waals surface area contributed by atoms with Gasteiger partial charge in [0.1, 0.15) is 0 Å². The van der Waals surface area contributed by atoms with Crippen molar-refractivity contribution in [2.75, 3.05) is 20.1 Å². The number of hydrogen-bond acceptors (Lipinski definition) is 2. The van der Waals surface area contributed by atoms with Crippen LogP contribution >= 0.6 is 0 Å². The zero-order valence-corrected chi connectivity index (χ0v) is 13.3. The van der Waals surface area contributed by atoms with Crippen LogP contribution in [-0.4, -0.2) is 26.0 Å². The SMILES string of the molecule is C=CC(=O)NC.CCCCCCNCCCCCC. The first-order valence-electron chi connectivity index (χ1n) is 7.77. The van der Waals surface area contributed by atoms with Gasteiger partial charge in [-0.2, -0.15) is 0 Å². The van der Waals surface area contributed by atoms with E-state index >= 15 is 0 Å². The van der Waals surface area contributed by atoms with Crippen molar-refractivity contribution in [2.45, 2.75) is 65.2 Å². The Morgan fingerprint density at radius 1 is 0.947 bits per heavy atom. The van der Waals surface area contributed by atoms with Crippen LogP contribution in [0.3, 0.4) is 0 Å². The Bertz CT molecular complexity index is 183. The van der Waals surface area contributed by atoms with Crippen LogP contribution in [0.25, 0.3) is 0 Å². The van der Waals surface area contributed by atoms with E-state index in [1.165, 1.54) is 70.5 Å². The highest BCUT2D eigenvalue weighted by Crippen LogP contribution is 1.98. The van der Waals surface area contributed by atoms with Gasteiger partial charge in [-0.25, -0.2) is 0 Å². The predicted octanol–water partition coefficient (Wildman–Crippen LogP) is 3.66. The Morgan fingerprint density at radius 2 is 1.42 bits per heavy atom. The van der Waals surface area contributed by atoms with Crippen LogP contribution in [0.1, 0.15) is 65.2 Å². The summed E-state index contributed by atoms with van der Waals surface area (Å²) in [5.41, 5.74) is 0. The molecule has 0 aliphatic rings. The van der Waals surface area contributed by atoms with Crippen LogP contribution in [0.4, 0.5) is 0 Å². The van der Waals surface area contributed by atoms with Crippen molar-refractivity contribution in [1.29, 1.82) is 0 Å². The van der Waals surface area contributed by atoms with Crippen LogP contribution in [0.2, 0.25) is 0 Å². The van der Waals surface area contributed by atoms with E-state index < -0.39 is 0 Å². The molecular formula is C16H34N2O. The first kappa shape index (κ1) is 20.5. The molecule has 0 aliphatic carbocycles. The van der Waals surface area contributed by atoms with Gasteiger partial charge >= 0.3 is 0 Å². The van der Waals surface area contributed by atoms with E-state index in [4.69, 9.17) is 0 Å². The maximum atomic E-state index is 9.95. The highest BCUT2D eigenvalue weighted by atomic mass is 16.1. The summed E-state index contributed by atoms with van der Waals surface area (Å²) in [4.78, 5) is 9.95. The third-order valence-corrected chi connectivity index (χ3v) is 2.85. The lowest BCUT2D eigenvalue weighted by molar-refractivity contribution is -0.116. The summed E-state index contributed by atoms with van der Waals surface area (Å²) in [7, 11) is 1.56. The molecule has 1 amide bonds. The monoisotopic (exact) mass is 270 g/mol. The Kier molecular flexibility index (Phi) is 21.0. The zero-order valence-electron chi connectivity index (χ0n) is 13.3. The van der Waals surface area contributed by atoms with Gasteiger partial charge in [-0.1, -0.05) is 59.0 Å². The predicted molar refractivity (Wildman–Crippen MR) is 85.4 cm³/mol. The fourth-order valence-corrected chi connectivity index (χ4v) is 1.58. The van der Waals surface area contributed by atoms with Gasteiger partial charge < -0.3 is 10.6 Å². The number of carbonyl (C=O) groups excluding carboxylic acids is 1. The molecule has 0 saturated carbocycles. The Balaban J connectivity index is 0.